The van der Waals surface area contributed by atoms with Crippen molar-refractivity contribution < 1.29 is 14.2 Å². The van der Waals surface area contributed by atoms with Crippen molar-refractivity contribution in [3.63, 3.8) is 0 Å². The largest absolute Gasteiger partial charge is 0.493 e. The van der Waals surface area contributed by atoms with Gasteiger partial charge in [-0.1, -0.05) is 59.6 Å². The molecule has 0 amide bonds. The van der Waals surface area contributed by atoms with Crippen LogP contribution in [-0.4, -0.2) is 26.9 Å². The van der Waals surface area contributed by atoms with Gasteiger partial charge in [-0.15, -0.1) is 0 Å². The number of halogens is 1. The Labute approximate surface area is 171 Å². The van der Waals surface area contributed by atoms with E-state index in [1.54, 1.807) is 7.11 Å². The lowest BCUT2D eigenvalue weighted by molar-refractivity contribution is 0.128. The molecule has 2 aromatic rings. The lowest BCUT2D eigenvalue weighted by Crippen LogP contribution is -2.18. The number of benzene rings is 2. The van der Waals surface area contributed by atoms with Crippen molar-refractivity contribution in [3.05, 3.63) is 58.1 Å². The number of hydrogen-bond donors (Lipinski definition) is 1. The lowest BCUT2D eigenvalue weighted by Gasteiger charge is -2.17. The van der Waals surface area contributed by atoms with Gasteiger partial charge >= 0.3 is 0 Å². The zero-order chi connectivity index (χ0) is 19.3. The minimum Gasteiger partial charge on any atom is -0.493 e. The fraction of sp³-hybridized carbons (Fsp3) is 0.455. The first kappa shape index (κ1) is 21.7. The maximum absolute atomic E-state index is 6.13. The van der Waals surface area contributed by atoms with Crippen LogP contribution in [0.3, 0.4) is 0 Å². The number of hydrogen-bond acceptors (Lipinski definition) is 4. The van der Waals surface area contributed by atoms with Gasteiger partial charge in [0.15, 0.2) is 11.5 Å². The molecule has 0 bridgehead atoms. The second kappa shape index (κ2) is 12.8. The Morgan fingerprint density at radius 1 is 1.00 bits per heavy atom. The number of ether oxygens (including phenoxy) is 3. The number of nitrogens with one attached hydrogen (secondary N) is 1. The number of methoxy groups -OCH3 is 1. The Morgan fingerprint density at radius 3 is 2.52 bits per heavy atom. The topological polar surface area (TPSA) is 39.7 Å². The zero-order valence-corrected chi connectivity index (χ0v) is 17.9. The highest BCUT2D eigenvalue weighted by Crippen LogP contribution is 2.36. The molecular formula is C22H30BrNO3. The van der Waals surface area contributed by atoms with Crippen LogP contribution >= 0.6 is 15.9 Å². The maximum Gasteiger partial charge on any atom is 0.167 e. The summed E-state index contributed by atoms with van der Waals surface area (Å²) in [5.74, 6) is 1.52. The summed E-state index contributed by atoms with van der Waals surface area (Å²) in [6, 6.07) is 14.1. The van der Waals surface area contributed by atoms with Gasteiger partial charge in [-0.2, -0.15) is 0 Å². The third-order valence-corrected chi connectivity index (χ3v) is 4.94. The third-order valence-electron chi connectivity index (χ3n) is 4.20. The fourth-order valence-corrected chi connectivity index (χ4v) is 3.11. The molecule has 0 aromatic heterocycles. The maximum atomic E-state index is 6.13. The zero-order valence-electron chi connectivity index (χ0n) is 16.3. The molecular weight excluding hydrogens is 406 g/mol. The van der Waals surface area contributed by atoms with Crippen LogP contribution in [0.15, 0.2) is 46.9 Å². The lowest BCUT2D eigenvalue weighted by atomic mass is 10.1. The molecule has 0 spiro atoms. The van der Waals surface area contributed by atoms with Gasteiger partial charge in [0.05, 0.1) is 7.11 Å². The summed E-state index contributed by atoms with van der Waals surface area (Å²) < 4.78 is 18.3. The van der Waals surface area contributed by atoms with Crippen LogP contribution in [0, 0.1) is 0 Å². The van der Waals surface area contributed by atoms with E-state index in [4.69, 9.17) is 14.2 Å². The molecule has 0 fully saturated rings. The predicted octanol–water partition coefficient (Wildman–Crippen LogP) is 5.33. The van der Waals surface area contributed by atoms with Gasteiger partial charge in [-0.05, 0) is 37.1 Å². The van der Waals surface area contributed by atoms with Crippen LogP contribution in [0.25, 0.3) is 0 Å². The van der Waals surface area contributed by atoms with E-state index in [2.05, 4.69) is 40.3 Å². The standard InChI is InChI=1S/C22H30BrNO3/c1-3-4-14-26-15-8-13-24-16-19-20(23)11-12-21(25-2)22(19)27-17-18-9-6-5-7-10-18/h5-7,9-12,24H,3-4,8,13-17H2,1-2H3. The molecule has 2 rings (SSSR count). The van der Waals surface area contributed by atoms with Crippen LogP contribution < -0.4 is 14.8 Å². The molecule has 0 unspecified atom stereocenters. The van der Waals surface area contributed by atoms with Crippen molar-refractivity contribution in [2.75, 3.05) is 26.9 Å². The molecule has 0 aliphatic carbocycles. The molecule has 0 aliphatic rings. The van der Waals surface area contributed by atoms with E-state index in [0.29, 0.717) is 13.2 Å². The Kier molecular flexibility index (Phi) is 10.3. The van der Waals surface area contributed by atoms with Crippen molar-refractivity contribution in [2.24, 2.45) is 0 Å². The van der Waals surface area contributed by atoms with Crippen molar-refractivity contribution in [1.82, 2.24) is 5.32 Å². The molecule has 2 aromatic carbocycles. The van der Waals surface area contributed by atoms with E-state index in [1.165, 1.54) is 6.42 Å². The van der Waals surface area contributed by atoms with Crippen LogP contribution in [0.5, 0.6) is 11.5 Å². The highest BCUT2D eigenvalue weighted by atomic mass is 79.9. The number of rotatable bonds is 13. The molecule has 0 atom stereocenters. The first-order chi connectivity index (χ1) is 13.3. The van der Waals surface area contributed by atoms with E-state index in [1.807, 2.05) is 30.3 Å². The monoisotopic (exact) mass is 435 g/mol. The second-order valence-corrected chi connectivity index (χ2v) is 7.18. The van der Waals surface area contributed by atoms with Crippen molar-refractivity contribution in [1.29, 1.82) is 0 Å². The smallest absolute Gasteiger partial charge is 0.167 e. The highest BCUT2D eigenvalue weighted by molar-refractivity contribution is 9.10. The van der Waals surface area contributed by atoms with Crippen LogP contribution in [-0.2, 0) is 17.9 Å². The normalized spacial score (nSPS) is 10.8. The molecule has 0 saturated heterocycles. The van der Waals surface area contributed by atoms with Crippen molar-refractivity contribution in [3.8, 4) is 11.5 Å². The van der Waals surface area contributed by atoms with Gasteiger partial charge < -0.3 is 19.5 Å². The minimum atomic E-state index is 0.506. The molecule has 1 N–H and O–H groups in total. The quantitative estimate of drug-likeness (QED) is 0.431. The molecule has 27 heavy (non-hydrogen) atoms. The van der Waals surface area contributed by atoms with Gasteiger partial charge in [0, 0.05) is 29.8 Å². The molecule has 5 heteroatoms. The van der Waals surface area contributed by atoms with E-state index < -0.39 is 0 Å². The summed E-state index contributed by atoms with van der Waals surface area (Å²) in [7, 11) is 1.67. The van der Waals surface area contributed by atoms with Gasteiger partial charge in [0.2, 0.25) is 0 Å². The molecule has 0 heterocycles. The average Bonchev–Trinajstić information content (AvgIpc) is 2.70. The third kappa shape index (κ3) is 7.53. The second-order valence-electron chi connectivity index (χ2n) is 6.33. The van der Waals surface area contributed by atoms with Gasteiger partial charge in [-0.25, -0.2) is 0 Å². The summed E-state index contributed by atoms with van der Waals surface area (Å²) in [5.41, 5.74) is 2.19. The first-order valence-corrected chi connectivity index (χ1v) is 10.4. The summed E-state index contributed by atoms with van der Waals surface area (Å²) >= 11 is 3.65. The molecule has 0 aliphatic heterocycles. The summed E-state index contributed by atoms with van der Waals surface area (Å²) in [6.07, 6.45) is 3.30. The van der Waals surface area contributed by atoms with Crippen LogP contribution in [0.1, 0.15) is 37.3 Å². The Balaban J connectivity index is 1.91. The predicted molar refractivity (Wildman–Crippen MR) is 114 cm³/mol. The van der Waals surface area contributed by atoms with Crippen molar-refractivity contribution in [2.45, 2.75) is 39.3 Å². The van der Waals surface area contributed by atoms with Gasteiger partial charge in [-0.3, -0.25) is 0 Å². The number of unbranched alkanes of at least 4 members (excludes halogenated alkanes) is 1. The minimum absolute atomic E-state index is 0.506. The average molecular weight is 436 g/mol. The van der Waals surface area contributed by atoms with E-state index in [0.717, 1.165) is 59.7 Å². The first-order valence-electron chi connectivity index (χ1n) is 9.56. The highest BCUT2D eigenvalue weighted by Gasteiger charge is 2.14. The Hall–Kier alpha value is -1.56. The van der Waals surface area contributed by atoms with Crippen LogP contribution in [0.4, 0.5) is 0 Å². The molecule has 0 radical (unpaired) electrons. The van der Waals surface area contributed by atoms with E-state index >= 15 is 0 Å². The van der Waals surface area contributed by atoms with Gasteiger partial charge in [0.1, 0.15) is 6.61 Å². The Bertz CT molecular complexity index is 664. The van der Waals surface area contributed by atoms with Crippen LogP contribution in [0.2, 0.25) is 0 Å². The SMILES string of the molecule is CCCCOCCCNCc1c(Br)ccc(OC)c1OCc1ccccc1. The molecule has 148 valence electrons. The van der Waals surface area contributed by atoms with E-state index in [9.17, 15) is 0 Å². The molecule has 0 saturated carbocycles. The summed E-state index contributed by atoms with van der Waals surface area (Å²) in [4.78, 5) is 0. The fourth-order valence-electron chi connectivity index (χ4n) is 2.66. The summed E-state index contributed by atoms with van der Waals surface area (Å²) in [5, 5.41) is 3.48. The Morgan fingerprint density at radius 2 is 1.78 bits per heavy atom. The molecule has 4 nitrogen and oxygen atoms in total. The van der Waals surface area contributed by atoms with E-state index in [-0.39, 0.29) is 0 Å². The van der Waals surface area contributed by atoms with Crippen molar-refractivity contribution >= 4 is 15.9 Å². The summed E-state index contributed by atoms with van der Waals surface area (Å²) in [6.45, 7) is 5.93. The van der Waals surface area contributed by atoms with Gasteiger partial charge in [0.25, 0.3) is 0 Å².